The van der Waals surface area contributed by atoms with E-state index in [2.05, 4.69) is 32.0 Å². The molecule has 0 aliphatic rings. The minimum Gasteiger partial charge on any atom is -0.392 e. The van der Waals surface area contributed by atoms with Crippen LogP contribution in [-0.2, 0) is 0 Å². The SMILES string of the molecule is Cc1ccc(C)c(C(N)CSC(C)C(C)O)c1. The molecule has 0 bridgehead atoms. The summed E-state index contributed by atoms with van der Waals surface area (Å²) in [5.74, 6) is 0.844. The summed E-state index contributed by atoms with van der Waals surface area (Å²) in [6, 6.07) is 6.43. The predicted octanol–water partition coefficient (Wildman–Crippen LogP) is 2.81. The zero-order chi connectivity index (χ0) is 13.0. The van der Waals surface area contributed by atoms with Gasteiger partial charge in [0, 0.05) is 17.0 Å². The van der Waals surface area contributed by atoms with Crippen molar-refractivity contribution in [1.82, 2.24) is 0 Å². The summed E-state index contributed by atoms with van der Waals surface area (Å²) in [4.78, 5) is 0. The Kier molecular flexibility index (Phi) is 5.50. The topological polar surface area (TPSA) is 46.2 Å². The maximum absolute atomic E-state index is 9.44. The molecule has 3 N–H and O–H groups in total. The maximum Gasteiger partial charge on any atom is 0.0628 e. The monoisotopic (exact) mass is 253 g/mol. The van der Waals surface area contributed by atoms with E-state index < -0.39 is 0 Å². The highest BCUT2D eigenvalue weighted by molar-refractivity contribution is 7.99. The first-order valence-corrected chi connectivity index (χ1v) is 7.09. The van der Waals surface area contributed by atoms with Crippen LogP contribution in [0.25, 0.3) is 0 Å². The van der Waals surface area contributed by atoms with Crippen LogP contribution in [0.4, 0.5) is 0 Å². The third-order valence-corrected chi connectivity index (χ3v) is 4.52. The van der Waals surface area contributed by atoms with Crippen molar-refractivity contribution in [2.45, 2.75) is 45.1 Å². The molecule has 1 rings (SSSR count). The molecule has 0 saturated carbocycles. The van der Waals surface area contributed by atoms with E-state index in [0.29, 0.717) is 0 Å². The average Bonchev–Trinajstić information content (AvgIpc) is 2.28. The maximum atomic E-state index is 9.44. The van der Waals surface area contributed by atoms with Crippen molar-refractivity contribution in [3.63, 3.8) is 0 Å². The third kappa shape index (κ3) is 4.34. The molecular formula is C14H23NOS. The zero-order valence-corrected chi connectivity index (χ0v) is 11.9. The van der Waals surface area contributed by atoms with Crippen molar-refractivity contribution in [2.75, 3.05) is 5.75 Å². The summed E-state index contributed by atoms with van der Waals surface area (Å²) >= 11 is 1.73. The van der Waals surface area contributed by atoms with Crippen LogP contribution in [0.15, 0.2) is 18.2 Å². The fourth-order valence-electron chi connectivity index (χ4n) is 1.64. The van der Waals surface area contributed by atoms with Gasteiger partial charge >= 0.3 is 0 Å². The van der Waals surface area contributed by atoms with Crippen LogP contribution in [-0.4, -0.2) is 22.2 Å². The number of benzene rings is 1. The normalized spacial score (nSPS) is 16.6. The summed E-state index contributed by atoms with van der Waals surface area (Å²) in [5, 5.41) is 9.67. The lowest BCUT2D eigenvalue weighted by molar-refractivity contribution is 0.196. The molecule has 0 aliphatic carbocycles. The van der Waals surface area contributed by atoms with Gasteiger partial charge in [0.2, 0.25) is 0 Å². The second kappa shape index (κ2) is 6.43. The third-order valence-electron chi connectivity index (χ3n) is 3.05. The Bertz CT molecular complexity index is 365. The molecule has 3 unspecified atom stereocenters. The van der Waals surface area contributed by atoms with Crippen molar-refractivity contribution in [1.29, 1.82) is 0 Å². The Morgan fingerprint density at radius 2 is 1.94 bits per heavy atom. The van der Waals surface area contributed by atoms with E-state index in [1.807, 2.05) is 13.8 Å². The van der Waals surface area contributed by atoms with Gasteiger partial charge < -0.3 is 10.8 Å². The number of aryl methyl sites for hydroxylation is 2. The molecular weight excluding hydrogens is 230 g/mol. The predicted molar refractivity (Wildman–Crippen MR) is 76.4 cm³/mol. The molecule has 1 aromatic rings. The fourth-order valence-corrected chi connectivity index (χ4v) is 2.61. The molecule has 0 amide bonds. The molecule has 96 valence electrons. The number of nitrogens with two attached hydrogens (primary N) is 1. The van der Waals surface area contributed by atoms with Crippen molar-refractivity contribution in [2.24, 2.45) is 5.73 Å². The van der Waals surface area contributed by atoms with Gasteiger partial charge in [0.25, 0.3) is 0 Å². The summed E-state index contributed by atoms with van der Waals surface area (Å²) in [5.41, 5.74) is 9.92. The van der Waals surface area contributed by atoms with Gasteiger partial charge in [-0.15, -0.1) is 0 Å². The van der Waals surface area contributed by atoms with Gasteiger partial charge in [0.1, 0.15) is 0 Å². The number of rotatable bonds is 5. The summed E-state index contributed by atoms with van der Waals surface area (Å²) in [7, 11) is 0. The van der Waals surface area contributed by atoms with Crippen LogP contribution < -0.4 is 5.73 Å². The quantitative estimate of drug-likeness (QED) is 0.848. The lowest BCUT2D eigenvalue weighted by atomic mass is 10.0. The average molecular weight is 253 g/mol. The second-order valence-corrected chi connectivity index (χ2v) is 6.16. The number of hydrogen-bond donors (Lipinski definition) is 2. The Hall–Kier alpha value is -0.510. The molecule has 0 saturated heterocycles. The second-order valence-electron chi connectivity index (χ2n) is 4.75. The minimum absolute atomic E-state index is 0.0427. The largest absolute Gasteiger partial charge is 0.392 e. The lowest BCUT2D eigenvalue weighted by Crippen LogP contribution is -2.20. The van der Waals surface area contributed by atoms with Crippen LogP contribution >= 0.6 is 11.8 Å². The van der Waals surface area contributed by atoms with Crippen LogP contribution in [0.3, 0.4) is 0 Å². The Morgan fingerprint density at radius 1 is 1.29 bits per heavy atom. The van der Waals surface area contributed by atoms with Gasteiger partial charge in [0.15, 0.2) is 0 Å². The lowest BCUT2D eigenvalue weighted by Gasteiger charge is -2.19. The first-order chi connectivity index (χ1) is 7.91. The van der Waals surface area contributed by atoms with Crippen molar-refractivity contribution < 1.29 is 5.11 Å². The Morgan fingerprint density at radius 3 is 2.53 bits per heavy atom. The van der Waals surface area contributed by atoms with Gasteiger partial charge in [-0.1, -0.05) is 30.7 Å². The molecule has 2 nitrogen and oxygen atoms in total. The van der Waals surface area contributed by atoms with Crippen molar-refractivity contribution >= 4 is 11.8 Å². The van der Waals surface area contributed by atoms with Crippen molar-refractivity contribution in [3.05, 3.63) is 34.9 Å². The highest BCUT2D eigenvalue weighted by Gasteiger charge is 2.14. The number of aliphatic hydroxyl groups excluding tert-OH is 1. The van der Waals surface area contributed by atoms with Crippen LogP contribution in [0.2, 0.25) is 0 Å². The van der Waals surface area contributed by atoms with E-state index in [1.165, 1.54) is 16.7 Å². The molecule has 0 radical (unpaired) electrons. The molecule has 17 heavy (non-hydrogen) atoms. The van der Waals surface area contributed by atoms with Gasteiger partial charge in [-0.2, -0.15) is 11.8 Å². The molecule has 0 aromatic heterocycles. The van der Waals surface area contributed by atoms with Crippen molar-refractivity contribution in [3.8, 4) is 0 Å². The van der Waals surface area contributed by atoms with E-state index in [0.717, 1.165) is 5.75 Å². The Labute approximate surface area is 109 Å². The molecule has 0 spiro atoms. The molecule has 0 fully saturated rings. The summed E-state index contributed by atoms with van der Waals surface area (Å²) in [6.45, 7) is 8.03. The van der Waals surface area contributed by atoms with Crippen LogP contribution in [0, 0.1) is 13.8 Å². The molecule has 3 heteroatoms. The fraction of sp³-hybridized carbons (Fsp3) is 0.571. The Balaban J connectivity index is 2.63. The number of hydrogen-bond acceptors (Lipinski definition) is 3. The number of aliphatic hydroxyl groups is 1. The number of thioether (sulfide) groups is 1. The van der Waals surface area contributed by atoms with Gasteiger partial charge in [-0.3, -0.25) is 0 Å². The standard InChI is InChI=1S/C14H23NOS/c1-9-5-6-10(2)13(7-9)14(15)8-17-12(4)11(3)16/h5-7,11-12,14,16H,8,15H2,1-4H3. The first-order valence-electron chi connectivity index (χ1n) is 6.04. The summed E-state index contributed by atoms with van der Waals surface area (Å²) in [6.07, 6.45) is -0.286. The van der Waals surface area contributed by atoms with E-state index >= 15 is 0 Å². The van der Waals surface area contributed by atoms with Gasteiger partial charge in [0.05, 0.1) is 6.10 Å². The van der Waals surface area contributed by atoms with E-state index in [9.17, 15) is 5.11 Å². The molecule has 3 atom stereocenters. The van der Waals surface area contributed by atoms with Gasteiger partial charge in [-0.25, -0.2) is 0 Å². The summed E-state index contributed by atoms with van der Waals surface area (Å²) < 4.78 is 0. The van der Waals surface area contributed by atoms with Crippen LogP contribution in [0.5, 0.6) is 0 Å². The molecule has 1 aromatic carbocycles. The van der Waals surface area contributed by atoms with Crippen LogP contribution in [0.1, 0.15) is 36.6 Å². The molecule has 0 aliphatic heterocycles. The minimum atomic E-state index is -0.286. The zero-order valence-electron chi connectivity index (χ0n) is 11.1. The highest BCUT2D eigenvalue weighted by atomic mass is 32.2. The first kappa shape index (κ1) is 14.6. The highest BCUT2D eigenvalue weighted by Crippen LogP contribution is 2.24. The van der Waals surface area contributed by atoms with E-state index in [1.54, 1.807) is 11.8 Å². The van der Waals surface area contributed by atoms with E-state index in [4.69, 9.17) is 5.73 Å². The van der Waals surface area contributed by atoms with Gasteiger partial charge in [-0.05, 0) is 31.9 Å². The molecule has 0 heterocycles. The smallest absolute Gasteiger partial charge is 0.0628 e. The van der Waals surface area contributed by atoms with E-state index in [-0.39, 0.29) is 17.4 Å².